The second-order valence-electron chi connectivity index (χ2n) is 21.7. The van der Waals surface area contributed by atoms with Crippen LogP contribution in [0.1, 0.15) is 120 Å². The van der Waals surface area contributed by atoms with Crippen LogP contribution < -0.4 is 31.3 Å². The summed E-state index contributed by atoms with van der Waals surface area (Å²) < 4.78 is 0. The minimum atomic E-state index is -2.97. The SMILES string of the molecule is C[NH2+]C(CCCc1ccc2ccccc2c1)c1ccc(C)cc1.C[NH2+]C(CCCc1ccc2ccccc2c1)c1ccc(C)cc1.C[NH2+]C(CCCc1ccc2ccccc2c1)c1ccc(C)cc1.O=C([O-])CC(O)(CC(=O)[O-])C(=O)[O-]. The summed E-state index contributed by atoms with van der Waals surface area (Å²) in [5.41, 5.74) is 9.69. The highest BCUT2D eigenvalue weighted by molar-refractivity contribution is 5.86. The van der Waals surface area contributed by atoms with Gasteiger partial charge in [0.25, 0.3) is 0 Å². The summed E-state index contributed by atoms with van der Waals surface area (Å²) in [4.78, 5) is 30.0. The van der Waals surface area contributed by atoms with Crippen LogP contribution in [0.2, 0.25) is 0 Å². The Morgan fingerprint density at radius 1 is 0.390 bits per heavy atom. The molecule has 10 heteroatoms. The van der Waals surface area contributed by atoms with Crippen molar-refractivity contribution in [3.63, 3.8) is 0 Å². The Balaban J connectivity index is 0.000000180. The molecule has 0 saturated heterocycles. The first kappa shape index (κ1) is 63.2. The number of fused-ring (bicyclic) bond motifs is 3. The fourth-order valence-corrected chi connectivity index (χ4v) is 10.5. The van der Waals surface area contributed by atoms with E-state index < -0.39 is 36.4 Å². The number of nitrogens with two attached hydrogens (primary N) is 3. The maximum atomic E-state index is 10.1. The number of hydrogen-bond donors (Lipinski definition) is 4. The lowest BCUT2D eigenvalue weighted by Gasteiger charge is -2.29. The molecule has 9 rings (SSSR count). The first-order chi connectivity index (χ1) is 39.6. The zero-order valence-corrected chi connectivity index (χ0v) is 48.7. The van der Waals surface area contributed by atoms with Crippen LogP contribution in [0.3, 0.4) is 0 Å². The molecule has 0 bridgehead atoms. The predicted octanol–water partition coefficient (Wildman–Crippen LogP) is 7.96. The van der Waals surface area contributed by atoms with E-state index in [-0.39, 0.29) is 0 Å². The molecule has 0 aliphatic rings. The second kappa shape index (κ2) is 32.5. The van der Waals surface area contributed by atoms with Crippen LogP contribution in [0.25, 0.3) is 32.3 Å². The van der Waals surface area contributed by atoms with Crippen molar-refractivity contribution in [3.8, 4) is 0 Å². The Kier molecular flexibility index (Phi) is 25.0. The average Bonchev–Trinajstić information content (AvgIpc) is 3.54. The van der Waals surface area contributed by atoms with Crippen molar-refractivity contribution in [3.05, 3.63) is 250 Å². The van der Waals surface area contributed by atoms with E-state index in [1.54, 1.807) is 0 Å². The van der Waals surface area contributed by atoms with Gasteiger partial charge in [-0.15, -0.1) is 0 Å². The highest BCUT2D eigenvalue weighted by atomic mass is 16.4. The lowest BCUT2D eigenvalue weighted by atomic mass is 9.96. The minimum absolute atomic E-state index is 0.566. The molecule has 0 aliphatic heterocycles. The van der Waals surface area contributed by atoms with Crippen molar-refractivity contribution in [1.82, 2.24) is 0 Å². The van der Waals surface area contributed by atoms with Crippen molar-refractivity contribution in [2.45, 2.75) is 115 Å². The second-order valence-corrected chi connectivity index (χ2v) is 21.7. The summed E-state index contributed by atoms with van der Waals surface area (Å²) in [7, 11) is 6.54. The number of rotatable bonds is 23. The first-order valence-electron chi connectivity index (χ1n) is 28.9. The highest BCUT2D eigenvalue weighted by Gasteiger charge is 2.29. The number of aryl methyl sites for hydroxylation is 6. The number of quaternary nitrogens is 3. The van der Waals surface area contributed by atoms with Crippen LogP contribution in [-0.2, 0) is 33.6 Å². The Bertz CT molecular complexity index is 3080. The molecule has 82 heavy (non-hydrogen) atoms. The quantitative estimate of drug-likeness (QED) is 0.0500. The normalized spacial score (nSPS) is 12.2. The summed E-state index contributed by atoms with van der Waals surface area (Å²) in [6.07, 6.45) is 8.06. The van der Waals surface area contributed by atoms with Gasteiger partial charge in [-0.25, -0.2) is 0 Å². The molecule has 0 spiro atoms. The number of carbonyl (C=O) groups excluding carboxylic acids is 3. The molecule has 0 saturated carbocycles. The Hall–Kier alpha value is -7.99. The lowest BCUT2D eigenvalue weighted by Crippen LogP contribution is -2.80. The fraction of sp³-hybridized carbons (Fsp3) is 0.292. The van der Waals surface area contributed by atoms with E-state index in [0.29, 0.717) is 18.1 Å². The van der Waals surface area contributed by atoms with Gasteiger partial charge in [-0.2, -0.15) is 0 Å². The summed E-state index contributed by atoms with van der Waals surface area (Å²) >= 11 is 0. The van der Waals surface area contributed by atoms with Crippen molar-refractivity contribution in [2.75, 3.05) is 21.1 Å². The maximum Gasteiger partial charge on any atom is 0.114 e. The largest absolute Gasteiger partial charge is 0.550 e. The smallest absolute Gasteiger partial charge is 0.114 e. The third kappa shape index (κ3) is 20.2. The standard InChI is InChI=1S/3C22H25N.C6H8O7/c3*1-17-10-13-20(14-11-17)22(23-2)9-5-6-18-12-15-19-7-3-4-8-21(19)16-18;7-3(8)1-6(13,5(11)12)2-4(9)10/h3*3-4,7-8,10-16,22-23H,5-6,9H2,1-2H3;13H,1-2H2,(H,7,8)(H,9,10)(H,11,12). The molecule has 9 aromatic rings. The van der Waals surface area contributed by atoms with Gasteiger partial charge in [0.1, 0.15) is 23.7 Å². The predicted molar refractivity (Wildman–Crippen MR) is 325 cm³/mol. The molecule has 428 valence electrons. The van der Waals surface area contributed by atoms with E-state index in [2.05, 4.69) is 258 Å². The molecule has 0 heterocycles. The molecule has 7 N–H and O–H groups in total. The zero-order chi connectivity index (χ0) is 58.9. The Labute approximate surface area is 485 Å². The van der Waals surface area contributed by atoms with Gasteiger partial charge in [0.15, 0.2) is 0 Å². The molecular formula is C72H83N3O7. The van der Waals surface area contributed by atoms with E-state index in [9.17, 15) is 29.7 Å². The minimum Gasteiger partial charge on any atom is -0.550 e. The number of carboxylic acids is 3. The van der Waals surface area contributed by atoms with Gasteiger partial charge in [-0.1, -0.05) is 217 Å². The maximum absolute atomic E-state index is 10.1. The Morgan fingerprint density at radius 3 is 0.878 bits per heavy atom. The molecule has 0 aromatic heterocycles. The number of carbonyl (C=O) groups is 3. The molecule has 0 aliphatic carbocycles. The third-order valence-corrected chi connectivity index (χ3v) is 15.4. The molecule has 10 nitrogen and oxygen atoms in total. The monoisotopic (exact) mass is 1100 g/mol. The molecule has 9 aromatic carbocycles. The van der Waals surface area contributed by atoms with Crippen LogP contribution in [0.15, 0.2) is 200 Å². The first-order valence-corrected chi connectivity index (χ1v) is 28.9. The van der Waals surface area contributed by atoms with Crippen molar-refractivity contribution in [1.29, 1.82) is 0 Å². The molecule has 0 amide bonds. The number of aliphatic carboxylic acids is 3. The molecule has 3 atom stereocenters. The average molecular weight is 1100 g/mol. The number of benzene rings is 9. The summed E-state index contributed by atoms with van der Waals surface area (Å²) in [6.45, 7) is 6.44. The van der Waals surface area contributed by atoms with Gasteiger partial charge in [-0.3, -0.25) is 0 Å². The van der Waals surface area contributed by atoms with Gasteiger partial charge in [0, 0.05) is 60.7 Å². The van der Waals surface area contributed by atoms with Crippen molar-refractivity contribution < 1.29 is 50.8 Å². The summed E-state index contributed by atoms with van der Waals surface area (Å²) in [5.74, 6) is -5.98. The molecular weight excluding hydrogens is 1020 g/mol. The van der Waals surface area contributed by atoms with E-state index >= 15 is 0 Å². The van der Waals surface area contributed by atoms with Crippen LogP contribution >= 0.6 is 0 Å². The van der Waals surface area contributed by atoms with E-state index in [1.807, 2.05) is 0 Å². The van der Waals surface area contributed by atoms with Crippen molar-refractivity contribution >= 4 is 50.2 Å². The third-order valence-electron chi connectivity index (χ3n) is 15.4. The Morgan fingerprint density at radius 2 is 0.646 bits per heavy atom. The van der Waals surface area contributed by atoms with Gasteiger partial charge >= 0.3 is 0 Å². The van der Waals surface area contributed by atoms with Crippen LogP contribution in [0.4, 0.5) is 0 Å². The molecule has 0 fully saturated rings. The van der Waals surface area contributed by atoms with Crippen LogP contribution in [-0.4, -0.2) is 49.8 Å². The lowest BCUT2D eigenvalue weighted by molar-refractivity contribution is -0.671. The number of aliphatic hydroxyl groups is 1. The van der Waals surface area contributed by atoms with Gasteiger partial charge in [0.05, 0.1) is 27.1 Å². The fourth-order valence-electron chi connectivity index (χ4n) is 10.5. The summed E-state index contributed by atoms with van der Waals surface area (Å²) in [6, 6.07) is 75.0. The van der Waals surface area contributed by atoms with Crippen molar-refractivity contribution in [2.24, 2.45) is 0 Å². The zero-order valence-electron chi connectivity index (χ0n) is 48.7. The number of hydrogen-bond acceptors (Lipinski definition) is 7. The van der Waals surface area contributed by atoms with E-state index in [0.717, 1.165) is 19.3 Å². The van der Waals surface area contributed by atoms with E-state index in [1.165, 1.54) is 121 Å². The molecule has 3 unspecified atom stereocenters. The summed E-state index contributed by atoms with van der Waals surface area (Å²) in [5, 5.41) is 54.0. The van der Waals surface area contributed by atoms with Gasteiger partial charge in [0.2, 0.25) is 0 Å². The topological polar surface area (TPSA) is 190 Å². The molecule has 0 radical (unpaired) electrons. The van der Waals surface area contributed by atoms with Crippen LogP contribution in [0.5, 0.6) is 0 Å². The van der Waals surface area contributed by atoms with Crippen LogP contribution in [0, 0.1) is 20.8 Å². The van der Waals surface area contributed by atoms with E-state index in [4.69, 9.17) is 5.11 Å². The highest BCUT2D eigenvalue weighted by Crippen LogP contribution is 2.24. The number of carboxylic acid groups (broad SMARTS) is 3. The van der Waals surface area contributed by atoms with Gasteiger partial charge in [-0.05, 0) is 108 Å². The van der Waals surface area contributed by atoms with Gasteiger partial charge < -0.3 is 50.8 Å².